The van der Waals surface area contributed by atoms with Crippen molar-refractivity contribution in [3.63, 3.8) is 0 Å². The van der Waals surface area contributed by atoms with Gasteiger partial charge in [-0.05, 0) is 36.8 Å². The molecule has 2 aromatic carbocycles. The summed E-state index contributed by atoms with van der Waals surface area (Å²) in [7, 11) is 0. The van der Waals surface area contributed by atoms with E-state index < -0.39 is 5.91 Å². The zero-order valence-corrected chi connectivity index (χ0v) is 13.8. The van der Waals surface area contributed by atoms with E-state index in [0.717, 1.165) is 16.9 Å². The molecule has 1 heterocycles. The van der Waals surface area contributed by atoms with E-state index in [1.54, 1.807) is 18.3 Å². The maximum Gasteiger partial charge on any atom is 0.307 e. The number of nitrogens with one attached hydrogen (secondary N) is 1. The average molecular weight is 334 g/mol. The first kappa shape index (κ1) is 16.5. The predicted molar refractivity (Wildman–Crippen MR) is 95.7 cm³/mol. The second-order valence-corrected chi connectivity index (χ2v) is 5.48. The summed E-state index contributed by atoms with van der Waals surface area (Å²) in [6.45, 7) is 2.25. The lowest BCUT2D eigenvalue weighted by Crippen LogP contribution is -2.16. The Hall–Kier alpha value is -3.34. The van der Waals surface area contributed by atoms with Gasteiger partial charge in [-0.1, -0.05) is 48.0 Å². The largest absolute Gasteiger partial charge is 0.486 e. The number of hydrogen-bond donors (Lipinski definition) is 1. The van der Waals surface area contributed by atoms with Crippen LogP contribution in [0.2, 0.25) is 0 Å². The van der Waals surface area contributed by atoms with E-state index in [9.17, 15) is 4.79 Å². The summed E-state index contributed by atoms with van der Waals surface area (Å²) in [6, 6.07) is 20.5. The number of hydrazone groups is 1. The fourth-order valence-corrected chi connectivity index (χ4v) is 2.22. The molecule has 5 nitrogen and oxygen atoms in total. The van der Waals surface area contributed by atoms with Crippen molar-refractivity contribution in [1.82, 2.24) is 5.43 Å². The molecule has 0 radical (unpaired) electrons. The molecule has 0 unspecified atom stereocenters. The summed E-state index contributed by atoms with van der Waals surface area (Å²) < 4.78 is 11.1. The quantitative estimate of drug-likeness (QED) is 0.549. The molecule has 5 heteroatoms. The molecule has 1 aromatic heterocycles. The highest BCUT2D eigenvalue weighted by Gasteiger charge is 2.10. The third kappa shape index (κ3) is 4.81. The highest BCUT2D eigenvalue weighted by atomic mass is 16.5. The molecule has 0 saturated heterocycles. The number of nitrogens with zero attached hydrogens (tertiary/aromatic N) is 1. The third-order valence-corrected chi connectivity index (χ3v) is 3.43. The number of ether oxygens (including phenoxy) is 1. The van der Waals surface area contributed by atoms with E-state index in [0.29, 0.717) is 5.76 Å². The summed E-state index contributed by atoms with van der Waals surface area (Å²) in [5.74, 6) is 1.09. The molecule has 126 valence electrons. The minimum Gasteiger partial charge on any atom is -0.486 e. The van der Waals surface area contributed by atoms with Gasteiger partial charge in [0.25, 0.3) is 0 Å². The minimum absolute atomic E-state index is 0.188. The molecule has 0 aliphatic carbocycles. The summed E-state index contributed by atoms with van der Waals surface area (Å²) in [5.41, 5.74) is 4.49. The van der Waals surface area contributed by atoms with Crippen LogP contribution in [0.5, 0.6) is 5.75 Å². The Morgan fingerprint density at radius 1 is 1.12 bits per heavy atom. The minimum atomic E-state index is -0.408. The number of benzene rings is 2. The lowest BCUT2D eigenvalue weighted by atomic mass is 10.2. The first-order valence-corrected chi connectivity index (χ1v) is 7.87. The molecule has 0 aliphatic heterocycles. The van der Waals surface area contributed by atoms with Gasteiger partial charge in [-0.25, -0.2) is 5.43 Å². The number of amides is 1. The molecule has 3 aromatic rings. The van der Waals surface area contributed by atoms with Gasteiger partial charge in [0.15, 0.2) is 5.76 Å². The number of carbonyl (C=O) groups excluding carboxylic acids is 1. The Kier molecular flexibility index (Phi) is 5.26. The van der Waals surface area contributed by atoms with Crippen LogP contribution in [0.15, 0.2) is 76.2 Å². The number of para-hydroxylation sites is 1. The molecule has 1 N–H and O–H groups in total. The van der Waals surface area contributed by atoms with Crippen LogP contribution in [0.25, 0.3) is 0 Å². The molecule has 0 atom stereocenters. The van der Waals surface area contributed by atoms with E-state index in [2.05, 4.69) is 10.5 Å². The van der Waals surface area contributed by atoms with Gasteiger partial charge in [-0.2, -0.15) is 5.10 Å². The first-order valence-electron chi connectivity index (χ1n) is 7.87. The van der Waals surface area contributed by atoms with Crippen molar-refractivity contribution in [1.29, 1.82) is 0 Å². The standard InChI is InChI=1S/C20H18N2O3/c1-15-6-5-7-16(12-15)13-21-22-20(23)19-11-10-18(25-19)14-24-17-8-3-2-4-9-17/h2-13H,14H2,1H3,(H,22,23)/b21-13-. The molecule has 0 aliphatic rings. The number of aryl methyl sites for hydroxylation is 1. The number of furan rings is 1. The van der Waals surface area contributed by atoms with Crippen LogP contribution in [0.4, 0.5) is 0 Å². The molecular weight excluding hydrogens is 316 g/mol. The van der Waals surface area contributed by atoms with Gasteiger partial charge in [0.1, 0.15) is 18.1 Å². The average Bonchev–Trinajstić information content (AvgIpc) is 3.10. The Morgan fingerprint density at radius 2 is 1.96 bits per heavy atom. The molecular formula is C20H18N2O3. The highest BCUT2D eigenvalue weighted by molar-refractivity contribution is 5.92. The number of rotatable bonds is 6. The maximum absolute atomic E-state index is 12.0. The Morgan fingerprint density at radius 3 is 2.76 bits per heavy atom. The lowest BCUT2D eigenvalue weighted by molar-refractivity contribution is 0.0923. The van der Waals surface area contributed by atoms with Crippen LogP contribution in [0.1, 0.15) is 27.4 Å². The fraction of sp³-hybridized carbons (Fsp3) is 0.100. The normalized spacial score (nSPS) is 10.8. The van der Waals surface area contributed by atoms with Crippen LogP contribution in [0, 0.1) is 6.92 Å². The Balaban J connectivity index is 1.53. The van der Waals surface area contributed by atoms with E-state index in [4.69, 9.17) is 9.15 Å². The van der Waals surface area contributed by atoms with Gasteiger partial charge in [0.05, 0.1) is 6.21 Å². The predicted octanol–water partition coefficient (Wildman–Crippen LogP) is 3.93. The second-order valence-electron chi connectivity index (χ2n) is 5.48. The van der Waals surface area contributed by atoms with E-state index in [-0.39, 0.29) is 12.4 Å². The molecule has 1 amide bonds. The molecule has 0 saturated carbocycles. The van der Waals surface area contributed by atoms with E-state index >= 15 is 0 Å². The topological polar surface area (TPSA) is 63.8 Å². The number of hydrogen-bond acceptors (Lipinski definition) is 4. The summed E-state index contributed by atoms with van der Waals surface area (Å²) in [5, 5.41) is 3.95. The van der Waals surface area contributed by atoms with Crippen LogP contribution in [0.3, 0.4) is 0 Å². The van der Waals surface area contributed by atoms with Gasteiger partial charge in [-0.15, -0.1) is 0 Å². The molecule has 3 rings (SSSR count). The Bertz CT molecular complexity index is 869. The van der Waals surface area contributed by atoms with Crippen molar-refractivity contribution in [3.8, 4) is 5.75 Å². The summed E-state index contributed by atoms with van der Waals surface area (Å²) >= 11 is 0. The lowest BCUT2D eigenvalue weighted by Gasteiger charge is -2.03. The molecule has 25 heavy (non-hydrogen) atoms. The van der Waals surface area contributed by atoms with Gasteiger partial charge in [-0.3, -0.25) is 4.79 Å². The fourth-order valence-electron chi connectivity index (χ4n) is 2.22. The van der Waals surface area contributed by atoms with Gasteiger partial charge < -0.3 is 9.15 Å². The van der Waals surface area contributed by atoms with Crippen LogP contribution in [-0.2, 0) is 6.61 Å². The molecule has 0 spiro atoms. The Labute approximate surface area is 145 Å². The van der Waals surface area contributed by atoms with E-state index in [1.807, 2.05) is 61.5 Å². The summed E-state index contributed by atoms with van der Waals surface area (Å²) in [4.78, 5) is 12.0. The van der Waals surface area contributed by atoms with Crippen molar-refractivity contribution in [2.24, 2.45) is 5.10 Å². The zero-order valence-electron chi connectivity index (χ0n) is 13.8. The van der Waals surface area contributed by atoms with Gasteiger partial charge in [0, 0.05) is 0 Å². The SMILES string of the molecule is Cc1cccc(/C=N\NC(=O)c2ccc(COc3ccccc3)o2)c1. The van der Waals surface area contributed by atoms with Crippen LogP contribution in [-0.4, -0.2) is 12.1 Å². The van der Waals surface area contributed by atoms with Crippen molar-refractivity contribution in [3.05, 3.63) is 89.4 Å². The van der Waals surface area contributed by atoms with E-state index in [1.165, 1.54) is 0 Å². The molecule has 0 fully saturated rings. The van der Waals surface area contributed by atoms with Crippen LogP contribution >= 0.6 is 0 Å². The smallest absolute Gasteiger partial charge is 0.307 e. The number of carbonyl (C=O) groups is 1. The van der Waals surface area contributed by atoms with Gasteiger partial charge in [0.2, 0.25) is 0 Å². The highest BCUT2D eigenvalue weighted by Crippen LogP contribution is 2.14. The third-order valence-electron chi connectivity index (χ3n) is 3.43. The van der Waals surface area contributed by atoms with Crippen molar-refractivity contribution in [2.45, 2.75) is 13.5 Å². The molecule has 0 bridgehead atoms. The van der Waals surface area contributed by atoms with Crippen molar-refractivity contribution in [2.75, 3.05) is 0 Å². The monoisotopic (exact) mass is 334 g/mol. The zero-order chi connectivity index (χ0) is 17.5. The van der Waals surface area contributed by atoms with Crippen molar-refractivity contribution < 1.29 is 13.9 Å². The first-order chi connectivity index (χ1) is 12.2. The maximum atomic E-state index is 12.0. The van der Waals surface area contributed by atoms with Crippen LogP contribution < -0.4 is 10.2 Å². The summed E-state index contributed by atoms with van der Waals surface area (Å²) in [6.07, 6.45) is 1.59. The van der Waals surface area contributed by atoms with Gasteiger partial charge >= 0.3 is 5.91 Å². The second kappa shape index (κ2) is 7.97. The van der Waals surface area contributed by atoms with Crippen molar-refractivity contribution >= 4 is 12.1 Å².